The zero-order valence-electron chi connectivity index (χ0n) is 8.74. The van der Waals surface area contributed by atoms with Gasteiger partial charge in [0.15, 0.2) is 0 Å². The van der Waals surface area contributed by atoms with Crippen LogP contribution in [0.4, 0.5) is 8.78 Å². The van der Waals surface area contributed by atoms with Crippen molar-refractivity contribution in [2.24, 2.45) is 0 Å². The highest BCUT2D eigenvalue weighted by Crippen LogP contribution is 2.29. The molecule has 0 amide bonds. The van der Waals surface area contributed by atoms with Crippen molar-refractivity contribution in [3.63, 3.8) is 0 Å². The van der Waals surface area contributed by atoms with Crippen LogP contribution >= 0.6 is 0 Å². The number of pyridine rings is 1. The minimum Gasteiger partial charge on any atom is -0.506 e. The minimum atomic E-state index is -2.75. The summed E-state index contributed by atoms with van der Waals surface area (Å²) in [5.41, 5.74) is 1.00. The fourth-order valence-corrected chi connectivity index (χ4v) is 1.61. The summed E-state index contributed by atoms with van der Waals surface area (Å²) < 4.78 is 25.0. The van der Waals surface area contributed by atoms with E-state index >= 15 is 0 Å². The van der Waals surface area contributed by atoms with Crippen LogP contribution in [0.5, 0.6) is 5.75 Å². The van der Waals surface area contributed by atoms with E-state index in [2.05, 4.69) is 4.98 Å². The van der Waals surface area contributed by atoms with Crippen molar-refractivity contribution in [2.75, 3.05) is 0 Å². The van der Waals surface area contributed by atoms with Gasteiger partial charge in [-0.15, -0.1) is 0 Å². The molecule has 1 aromatic carbocycles. The maximum absolute atomic E-state index is 12.5. The minimum absolute atomic E-state index is 0.448. The number of hydrogen-bond donors (Lipinski definition) is 1. The molecule has 1 aromatic heterocycles. The van der Waals surface area contributed by atoms with Crippen LogP contribution in [0.2, 0.25) is 0 Å². The number of alkyl halides is 2. The van der Waals surface area contributed by atoms with Crippen LogP contribution in [0.1, 0.15) is 24.6 Å². The number of aromatic hydroxyl groups is 1. The highest BCUT2D eigenvalue weighted by molar-refractivity contribution is 5.81. The lowest BCUT2D eigenvalue weighted by atomic mass is 10.1. The number of benzene rings is 1. The molecule has 2 rings (SSSR count). The summed E-state index contributed by atoms with van der Waals surface area (Å²) in [7, 11) is 0. The average Bonchev–Trinajstić information content (AvgIpc) is 2.27. The molecule has 0 saturated carbocycles. The Morgan fingerprint density at radius 3 is 2.69 bits per heavy atom. The monoisotopic (exact) mass is 223 g/mol. The number of aromatic nitrogens is 1. The Morgan fingerprint density at radius 2 is 2.06 bits per heavy atom. The molecular weight excluding hydrogens is 212 g/mol. The van der Waals surface area contributed by atoms with Crippen molar-refractivity contribution in [1.82, 2.24) is 4.98 Å². The first-order valence-electron chi connectivity index (χ1n) is 5.02. The zero-order valence-corrected chi connectivity index (χ0v) is 8.74. The second-order valence-corrected chi connectivity index (χ2v) is 3.57. The number of fused-ring (bicyclic) bond motifs is 1. The lowest BCUT2D eigenvalue weighted by Crippen LogP contribution is -1.92. The average molecular weight is 223 g/mol. The predicted octanol–water partition coefficient (Wildman–Crippen LogP) is 3.44. The van der Waals surface area contributed by atoms with Crippen molar-refractivity contribution in [3.8, 4) is 5.75 Å². The number of halogens is 2. The molecule has 0 aliphatic heterocycles. The third-order valence-electron chi connectivity index (χ3n) is 2.50. The molecule has 0 saturated heterocycles. The molecule has 2 nitrogen and oxygen atoms in total. The van der Waals surface area contributed by atoms with Gasteiger partial charge in [0.2, 0.25) is 0 Å². The third-order valence-corrected chi connectivity index (χ3v) is 2.50. The largest absolute Gasteiger partial charge is 0.506 e. The standard InChI is InChI=1S/C12H11F2NO/c1-2-7-3-4-9-8(5-7)6-10(16)11(15-9)12(13)14/h3-6,12,16H,2H2,1H3. The molecule has 1 N–H and O–H groups in total. The molecule has 0 atom stereocenters. The normalized spacial score (nSPS) is 11.2. The van der Waals surface area contributed by atoms with Crippen LogP contribution in [0.25, 0.3) is 10.9 Å². The molecule has 2 aromatic rings. The van der Waals surface area contributed by atoms with Gasteiger partial charge in [-0.3, -0.25) is 0 Å². The van der Waals surface area contributed by atoms with Crippen LogP contribution in [0, 0.1) is 0 Å². The van der Waals surface area contributed by atoms with E-state index in [0.29, 0.717) is 10.9 Å². The van der Waals surface area contributed by atoms with E-state index in [9.17, 15) is 13.9 Å². The summed E-state index contributed by atoms with van der Waals surface area (Å²) in [5, 5.41) is 10.1. The molecule has 0 aliphatic rings. The van der Waals surface area contributed by atoms with E-state index in [4.69, 9.17) is 0 Å². The van der Waals surface area contributed by atoms with Crippen LogP contribution < -0.4 is 0 Å². The van der Waals surface area contributed by atoms with Gasteiger partial charge in [-0.1, -0.05) is 13.0 Å². The van der Waals surface area contributed by atoms with Crippen molar-refractivity contribution < 1.29 is 13.9 Å². The number of hydrogen-bond acceptors (Lipinski definition) is 2. The lowest BCUT2D eigenvalue weighted by molar-refractivity contribution is 0.142. The Kier molecular flexibility index (Phi) is 2.73. The second-order valence-electron chi connectivity index (χ2n) is 3.57. The molecule has 0 fully saturated rings. The Labute approximate surface area is 91.6 Å². The smallest absolute Gasteiger partial charge is 0.284 e. The fourth-order valence-electron chi connectivity index (χ4n) is 1.61. The van der Waals surface area contributed by atoms with Gasteiger partial charge >= 0.3 is 0 Å². The molecule has 4 heteroatoms. The molecule has 0 radical (unpaired) electrons. The van der Waals surface area contributed by atoms with Gasteiger partial charge in [-0.2, -0.15) is 0 Å². The maximum Gasteiger partial charge on any atom is 0.284 e. The summed E-state index contributed by atoms with van der Waals surface area (Å²) in [6.45, 7) is 2.00. The van der Waals surface area contributed by atoms with E-state index in [1.807, 2.05) is 19.1 Å². The summed E-state index contributed by atoms with van der Waals surface area (Å²) in [6.07, 6.45) is -1.90. The summed E-state index contributed by atoms with van der Waals surface area (Å²) in [5.74, 6) is -0.448. The van der Waals surface area contributed by atoms with E-state index in [1.54, 1.807) is 6.07 Å². The highest BCUT2D eigenvalue weighted by atomic mass is 19.3. The molecule has 0 aliphatic carbocycles. The van der Waals surface area contributed by atoms with Crippen LogP contribution in [-0.4, -0.2) is 10.1 Å². The van der Waals surface area contributed by atoms with Gasteiger partial charge < -0.3 is 5.11 Å². The molecule has 0 spiro atoms. The first kappa shape index (κ1) is 10.8. The van der Waals surface area contributed by atoms with Gasteiger partial charge in [0.05, 0.1) is 5.52 Å². The number of rotatable bonds is 2. The summed E-state index contributed by atoms with van der Waals surface area (Å²) >= 11 is 0. The zero-order chi connectivity index (χ0) is 11.7. The van der Waals surface area contributed by atoms with Crippen LogP contribution in [0.3, 0.4) is 0 Å². The Bertz CT molecular complexity index is 526. The summed E-state index contributed by atoms with van der Waals surface area (Å²) in [4.78, 5) is 3.75. The van der Waals surface area contributed by atoms with Gasteiger partial charge in [-0.05, 0) is 30.2 Å². The predicted molar refractivity (Wildman–Crippen MR) is 57.7 cm³/mol. The second kappa shape index (κ2) is 4.04. The Balaban J connectivity index is 2.64. The van der Waals surface area contributed by atoms with Crippen LogP contribution in [-0.2, 0) is 6.42 Å². The topological polar surface area (TPSA) is 33.1 Å². The van der Waals surface area contributed by atoms with Crippen LogP contribution in [0.15, 0.2) is 24.3 Å². The molecule has 16 heavy (non-hydrogen) atoms. The molecule has 0 unspecified atom stereocenters. The SMILES string of the molecule is CCc1ccc2nc(C(F)F)c(O)cc2c1. The van der Waals surface area contributed by atoms with E-state index < -0.39 is 17.9 Å². The van der Waals surface area contributed by atoms with Crippen molar-refractivity contribution >= 4 is 10.9 Å². The third kappa shape index (κ3) is 1.83. The van der Waals surface area contributed by atoms with Gasteiger partial charge in [0.1, 0.15) is 11.4 Å². The molecule has 0 bridgehead atoms. The Hall–Kier alpha value is -1.71. The summed E-state index contributed by atoms with van der Waals surface area (Å²) in [6, 6.07) is 6.72. The maximum atomic E-state index is 12.5. The van der Waals surface area contributed by atoms with Gasteiger partial charge in [0, 0.05) is 5.39 Å². The van der Waals surface area contributed by atoms with E-state index in [1.165, 1.54) is 6.07 Å². The first-order chi connectivity index (χ1) is 7.61. The molecular formula is C12H11F2NO. The molecule has 1 heterocycles. The lowest BCUT2D eigenvalue weighted by Gasteiger charge is -2.06. The van der Waals surface area contributed by atoms with Crippen molar-refractivity contribution in [2.45, 2.75) is 19.8 Å². The Morgan fingerprint density at radius 1 is 1.31 bits per heavy atom. The van der Waals surface area contributed by atoms with E-state index in [-0.39, 0.29) is 0 Å². The number of nitrogens with zero attached hydrogens (tertiary/aromatic N) is 1. The molecule has 84 valence electrons. The van der Waals surface area contributed by atoms with Crippen molar-refractivity contribution in [1.29, 1.82) is 0 Å². The van der Waals surface area contributed by atoms with E-state index in [0.717, 1.165) is 12.0 Å². The van der Waals surface area contributed by atoms with Crippen molar-refractivity contribution in [3.05, 3.63) is 35.5 Å². The quantitative estimate of drug-likeness (QED) is 0.845. The first-order valence-corrected chi connectivity index (χ1v) is 5.02. The number of aryl methyl sites for hydroxylation is 1. The van der Waals surface area contributed by atoms with Gasteiger partial charge in [-0.25, -0.2) is 13.8 Å². The highest BCUT2D eigenvalue weighted by Gasteiger charge is 2.15. The fraction of sp³-hybridized carbons (Fsp3) is 0.250. The van der Waals surface area contributed by atoms with Gasteiger partial charge in [0.25, 0.3) is 6.43 Å².